The lowest BCUT2D eigenvalue weighted by Gasteiger charge is -2.30. The molecule has 2 N–H and O–H groups in total. The van der Waals surface area contributed by atoms with Gasteiger partial charge in [0, 0.05) is 32.2 Å². The van der Waals surface area contributed by atoms with Gasteiger partial charge in [-0.1, -0.05) is 12.1 Å². The minimum atomic E-state index is -0.196. The lowest BCUT2D eigenvalue weighted by Crippen LogP contribution is -2.39. The van der Waals surface area contributed by atoms with Crippen LogP contribution >= 0.6 is 0 Å². The number of amides is 1. The van der Waals surface area contributed by atoms with Crippen LogP contribution in [-0.4, -0.2) is 55.8 Å². The summed E-state index contributed by atoms with van der Waals surface area (Å²) in [5, 5.41) is 0. The highest BCUT2D eigenvalue weighted by Crippen LogP contribution is 2.38. The van der Waals surface area contributed by atoms with E-state index in [1.807, 2.05) is 12.1 Å². The van der Waals surface area contributed by atoms with Crippen LogP contribution in [0.4, 0.5) is 11.5 Å². The highest BCUT2D eigenvalue weighted by Gasteiger charge is 2.31. The van der Waals surface area contributed by atoms with Gasteiger partial charge in [0.2, 0.25) is 0 Å². The summed E-state index contributed by atoms with van der Waals surface area (Å²) in [5.41, 5.74) is 9.17. The molecule has 0 atom stereocenters. The number of ether oxygens (including phenoxy) is 3. The van der Waals surface area contributed by atoms with Gasteiger partial charge < -0.3 is 24.8 Å². The molecule has 0 unspecified atom stereocenters. The molecule has 0 bridgehead atoms. The number of carbonyl (C=O) groups is 2. The molecule has 1 saturated carbocycles. The summed E-state index contributed by atoms with van der Waals surface area (Å²) in [5.74, 6) is 0.695. The van der Waals surface area contributed by atoms with E-state index in [9.17, 15) is 9.59 Å². The van der Waals surface area contributed by atoms with Crippen molar-refractivity contribution in [3.63, 3.8) is 0 Å². The van der Waals surface area contributed by atoms with Crippen molar-refractivity contribution in [2.45, 2.75) is 44.4 Å². The van der Waals surface area contributed by atoms with Crippen LogP contribution in [-0.2, 0) is 20.7 Å². The smallest absolute Gasteiger partial charge is 0.318 e. The van der Waals surface area contributed by atoms with Crippen molar-refractivity contribution in [1.29, 1.82) is 0 Å². The van der Waals surface area contributed by atoms with Gasteiger partial charge in [-0.3, -0.25) is 9.59 Å². The standard InChI is InChI=1S/C25H32N4O5/c1-32-13-14-34-25-27-20-11-12-29(24(31)22(20)23(26)28-25)19-9-7-18(8-10-19)17-5-3-16(4-6-17)15-21(30)33-2/h7-10,16-17H,3-6,11-15H2,1-2H3,(H2,26,27,28). The number of fused-ring (bicyclic) bond motifs is 1. The monoisotopic (exact) mass is 468 g/mol. The minimum Gasteiger partial charge on any atom is -0.469 e. The summed E-state index contributed by atoms with van der Waals surface area (Å²) in [6.45, 7) is 1.24. The quantitative estimate of drug-likeness (QED) is 0.464. The molecule has 1 amide bonds. The Kier molecular flexibility index (Phi) is 7.62. The summed E-state index contributed by atoms with van der Waals surface area (Å²) in [6, 6.07) is 8.38. The van der Waals surface area contributed by atoms with Gasteiger partial charge in [-0.15, -0.1) is 0 Å². The molecule has 1 aromatic heterocycles. The Labute approximate surface area is 199 Å². The maximum atomic E-state index is 13.2. The maximum Gasteiger partial charge on any atom is 0.318 e. The Hall–Kier alpha value is -3.20. The van der Waals surface area contributed by atoms with Crippen molar-refractivity contribution in [3.8, 4) is 6.01 Å². The average Bonchev–Trinajstić information content (AvgIpc) is 2.85. The molecule has 2 heterocycles. The Balaban J connectivity index is 1.40. The van der Waals surface area contributed by atoms with Crippen molar-refractivity contribution < 1.29 is 23.8 Å². The van der Waals surface area contributed by atoms with Gasteiger partial charge in [0.15, 0.2) is 0 Å². The summed E-state index contributed by atoms with van der Waals surface area (Å²) >= 11 is 0. The topological polar surface area (TPSA) is 117 Å². The number of methoxy groups -OCH3 is 2. The molecular weight excluding hydrogens is 436 g/mol. The summed E-state index contributed by atoms with van der Waals surface area (Å²) in [6.07, 6.45) is 5.24. The van der Waals surface area contributed by atoms with E-state index in [4.69, 9.17) is 19.9 Å². The molecule has 1 aliphatic heterocycles. The zero-order chi connectivity index (χ0) is 24.1. The third-order valence-electron chi connectivity index (χ3n) is 6.75. The van der Waals surface area contributed by atoms with E-state index in [-0.39, 0.29) is 23.7 Å². The number of anilines is 2. The predicted octanol–water partition coefficient (Wildman–Crippen LogP) is 3.12. The van der Waals surface area contributed by atoms with Crippen molar-refractivity contribution >= 4 is 23.4 Å². The van der Waals surface area contributed by atoms with Gasteiger partial charge >= 0.3 is 12.0 Å². The summed E-state index contributed by atoms with van der Waals surface area (Å²) in [4.78, 5) is 35.0. The summed E-state index contributed by atoms with van der Waals surface area (Å²) < 4.78 is 15.2. The number of nitrogens with two attached hydrogens (primary N) is 1. The van der Waals surface area contributed by atoms with E-state index in [1.54, 1.807) is 12.0 Å². The highest BCUT2D eigenvalue weighted by molar-refractivity contribution is 6.10. The first-order chi connectivity index (χ1) is 16.5. The number of hydrogen-bond acceptors (Lipinski definition) is 8. The molecule has 4 rings (SSSR count). The van der Waals surface area contributed by atoms with E-state index < -0.39 is 0 Å². The zero-order valence-electron chi connectivity index (χ0n) is 19.8. The van der Waals surface area contributed by atoms with Gasteiger partial charge in [0.25, 0.3) is 5.91 Å². The fourth-order valence-corrected chi connectivity index (χ4v) is 4.84. The second kappa shape index (κ2) is 10.8. The van der Waals surface area contributed by atoms with E-state index in [0.717, 1.165) is 31.4 Å². The number of rotatable bonds is 8. The molecule has 9 heteroatoms. The number of esters is 1. The van der Waals surface area contributed by atoms with Gasteiger partial charge in [0.05, 0.1) is 19.4 Å². The van der Waals surface area contributed by atoms with Crippen LogP contribution in [0, 0.1) is 5.92 Å². The second-order valence-electron chi connectivity index (χ2n) is 8.85. The van der Waals surface area contributed by atoms with Crippen molar-refractivity contribution in [3.05, 3.63) is 41.1 Å². The molecule has 2 aliphatic rings. The first-order valence-electron chi connectivity index (χ1n) is 11.8. The van der Waals surface area contributed by atoms with Crippen molar-refractivity contribution in [2.75, 3.05) is 44.6 Å². The fraction of sp³-hybridized carbons (Fsp3) is 0.520. The molecule has 0 radical (unpaired) electrons. The molecule has 1 aliphatic carbocycles. The number of hydrogen-bond donors (Lipinski definition) is 1. The molecule has 0 spiro atoms. The van der Waals surface area contributed by atoms with Crippen LogP contribution in [0.5, 0.6) is 6.01 Å². The lowest BCUT2D eigenvalue weighted by molar-refractivity contribution is -0.142. The molecular formula is C25H32N4O5. The first kappa shape index (κ1) is 23.9. The molecule has 0 saturated heterocycles. The molecule has 2 aromatic rings. The molecule has 1 fully saturated rings. The third-order valence-corrected chi connectivity index (χ3v) is 6.75. The van der Waals surface area contributed by atoms with Crippen molar-refractivity contribution in [2.24, 2.45) is 5.92 Å². The van der Waals surface area contributed by atoms with E-state index in [1.165, 1.54) is 12.7 Å². The maximum absolute atomic E-state index is 13.2. The molecule has 9 nitrogen and oxygen atoms in total. The van der Waals surface area contributed by atoms with Crippen LogP contribution in [0.1, 0.15) is 59.6 Å². The Bertz CT molecular complexity index is 1020. The van der Waals surface area contributed by atoms with E-state index in [0.29, 0.717) is 55.7 Å². The van der Waals surface area contributed by atoms with Crippen LogP contribution < -0.4 is 15.4 Å². The Morgan fingerprint density at radius 2 is 1.82 bits per heavy atom. The Morgan fingerprint density at radius 1 is 1.09 bits per heavy atom. The molecule has 182 valence electrons. The van der Waals surface area contributed by atoms with E-state index >= 15 is 0 Å². The van der Waals surface area contributed by atoms with Crippen LogP contribution in [0.2, 0.25) is 0 Å². The largest absolute Gasteiger partial charge is 0.469 e. The number of benzene rings is 1. The second-order valence-corrected chi connectivity index (χ2v) is 8.85. The third kappa shape index (κ3) is 5.30. The van der Waals surface area contributed by atoms with Crippen molar-refractivity contribution in [1.82, 2.24) is 9.97 Å². The number of carbonyl (C=O) groups excluding carboxylic acids is 2. The summed E-state index contributed by atoms with van der Waals surface area (Å²) in [7, 11) is 3.03. The fourth-order valence-electron chi connectivity index (χ4n) is 4.84. The van der Waals surface area contributed by atoms with Gasteiger partial charge in [-0.25, -0.2) is 0 Å². The number of nitrogen functional groups attached to an aromatic ring is 1. The van der Waals surface area contributed by atoms with Crippen LogP contribution in [0.15, 0.2) is 24.3 Å². The SMILES string of the molecule is COCCOc1nc(N)c2c(n1)CCN(c1ccc(C3CCC(CC(=O)OC)CC3)cc1)C2=O. The zero-order valence-corrected chi connectivity index (χ0v) is 19.8. The van der Waals surface area contributed by atoms with Crippen LogP contribution in [0.3, 0.4) is 0 Å². The molecule has 34 heavy (non-hydrogen) atoms. The van der Waals surface area contributed by atoms with Gasteiger partial charge in [0.1, 0.15) is 18.0 Å². The normalized spacial score (nSPS) is 20.1. The Morgan fingerprint density at radius 3 is 2.50 bits per heavy atom. The van der Waals surface area contributed by atoms with Gasteiger partial charge in [-0.2, -0.15) is 9.97 Å². The first-order valence-corrected chi connectivity index (χ1v) is 11.8. The van der Waals surface area contributed by atoms with Crippen LogP contribution in [0.25, 0.3) is 0 Å². The lowest BCUT2D eigenvalue weighted by atomic mass is 9.77. The predicted molar refractivity (Wildman–Crippen MR) is 127 cm³/mol. The van der Waals surface area contributed by atoms with E-state index in [2.05, 4.69) is 22.1 Å². The van der Waals surface area contributed by atoms with Gasteiger partial charge in [-0.05, 0) is 55.2 Å². The number of nitrogens with zero attached hydrogens (tertiary/aromatic N) is 3. The highest BCUT2D eigenvalue weighted by atomic mass is 16.5. The average molecular weight is 469 g/mol. The minimum absolute atomic E-state index is 0.124. The molecule has 1 aromatic carbocycles. The number of aromatic nitrogens is 2.